The van der Waals surface area contributed by atoms with Crippen LogP contribution in [0.25, 0.3) is 0 Å². The summed E-state index contributed by atoms with van der Waals surface area (Å²) < 4.78 is 4.83. The van der Waals surface area contributed by atoms with E-state index >= 15 is 0 Å². The Balaban J connectivity index is 1.59. The Morgan fingerprint density at radius 1 is 1.22 bits per heavy atom. The van der Waals surface area contributed by atoms with E-state index in [0.29, 0.717) is 17.5 Å². The lowest BCUT2D eigenvalue weighted by Crippen LogP contribution is -2.31. The van der Waals surface area contributed by atoms with Crippen molar-refractivity contribution in [2.45, 2.75) is 51.6 Å². The van der Waals surface area contributed by atoms with Crippen molar-refractivity contribution in [2.24, 2.45) is 0 Å². The van der Waals surface area contributed by atoms with E-state index in [1.165, 1.54) is 31.1 Å². The Morgan fingerprint density at radius 2 is 2.04 bits per heavy atom. The standard InChI is InChI=1S/C21H26N4O2/c1-13(2)18-11-19(24-21(23-18)22-17-6-7-17)25-9-8-14-10-15(20(26)27-3)4-5-16(14)12-25/h4-5,10-11,13,17H,6-9,12H2,1-3H3,(H,22,23,24). The highest BCUT2D eigenvalue weighted by atomic mass is 16.5. The van der Waals surface area contributed by atoms with Gasteiger partial charge in [0.05, 0.1) is 18.4 Å². The lowest BCUT2D eigenvalue weighted by atomic mass is 9.97. The Labute approximate surface area is 160 Å². The van der Waals surface area contributed by atoms with E-state index in [9.17, 15) is 4.79 Å². The Bertz CT molecular complexity index is 861. The summed E-state index contributed by atoms with van der Waals surface area (Å²) in [4.78, 5) is 23.5. The molecule has 6 heteroatoms. The van der Waals surface area contributed by atoms with E-state index in [1.54, 1.807) is 0 Å². The summed E-state index contributed by atoms with van der Waals surface area (Å²) in [6.45, 7) is 5.98. The molecular formula is C21H26N4O2. The van der Waals surface area contributed by atoms with Crippen LogP contribution in [0.5, 0.6) is 0 Å². The highest BCUT2D eigenvalue weighted by Crippen LogP contribution is 2.29. The number of esters is 1. The first kappa shape index (κ1) is 17.8. The number of carbonyl (C=O) groups excluding carboxylic acids is 1. The second-order valence-corrected chi connectivity index (χ2v) is 7.69. The van der Waals surface area contributed by atoms with Crippen LogP contribution in [-0.2, 0) is 17.7 Å². The minimum atomic E-state index is -0.284. The van der Waals surface area contributed by atoms with Crippen molar-refractivity contribution >= 4 is 17.7 Å². The van der Waals surface area contributed by atoms with Gasteiger partial charge in [-0.15, -0.1) is 0 Å². The van der Waals surface area contributed by atoms with E-state index < -0.39 is 0 Å². The molecule has 1 N–H and O–H groups in total. The van der Waals surface area contributed by atoms with E-state index in [0.717, 1.165) is 37.0 Å². The van der Waals surface area contributed by atoms with Gasteiger partial charge in [0.25, 0.3) is 0 Å². The molecule has 0 atom stereocenters. The van der Waals surface area contributed by atoms with Crippen molar-refractivity contribution < 1.29 is 9.53 Å². The van der Waals surface area contributed by atoms with Crippen LogP contribution in [0, 0.1) is 0 Å². The number of benzene rings is 1. The van der Waals surface area contributed by atoms with E-state index in [1.807, 2.05) is 18.2 Å². The zero-order valence-electron chi connectivity index (χ0n) is 16.2. The molecule has 0 amide bonds. The monoisotopic (exact) mass is 366 g/mol. The molecule has 1 fully saturated rings. The van der Waals surface area contributed by atoms with Gasteiger partial charge in [-0.3, -0.25) is 0 Å². The largest absolute Gasteiger partial charge is 0.465 e. The molecule has 0 radical (unpaired) electrons. The predicted molar refractivity (Wildman–Crippen MR) is 105 cm³/mol. The van der Waals surface area contributed by atoms with Crippen molar-refractivity contribution in [1.29, 1.82) is 0 Å². The summed E-state index contributed by atoms with van der Waals surface area (Å²) in [5.74, 6) is 1.78. The number of ether oxygens (including phenoxy) is 1. The molecule has 2 aliphatic rings. The molecule has 0 unspecified atom stereocenters. The summed E-state index contributed by atoms with van der Waals surface area (Å²) in [6, 6.07) is 8.46. The molecule has 1 aliphatic carbocycles. The number of methoxy groups -OCH3 is 1. The minimum absolute atomic E-state index is 0.284. The molecular weight excluding hydrogens is 340 g/mol. The second-order valence-electron chi connectivity index (χ2n) is 7.69. The lowest BCUT2D eigenvalue weighted by molar-refractivity contribution is 0.0600. The second kappa shape index (κ2) is 7.18. The minimum Gasteiger partial charge on any atom is -0.465 e. The van der Waals surface area contributed by atoms with Crippen LogP contribution >= 0.6 is 0 Å². The van der Waals surface area contributed by atoms with Gasteiger partial charge in [0.1, 0.15) is 5.82 Å². The van der Waals surface area contributed by atoms with Crippen LogP contribution in [0.3, 0.4) is 0 Å². The number of aromatic nitrogens is 2. The van der Waals surface area contributed by atoms with Gasteiger partial charge in [0, 0.05) is 25.2 Å². The molecule has 4 rings (SSSR count). The zero-order chi connectivity index (χ0) is 19.0. The fourth-order valence-corrected chi connectivity index (χ4v) is 3.38. The number of nitrogens with zero attached hydrogens (tertiary/aromatic N) is 3. The average molecular weight is 366 g/mol. The summed E-state index contributed by atoms with van der Waals surface area (Å²) in [5.41, 5.74) is 4.12. The average Bonchev–Trinajstić information content (AvgIpc) is 3.50. The number of rotatable bonds is 5. The normalized spacial score (nSPS) is 16.2. The number of fused-ring (bicyclic) bond motifs is 1. The summed E-state index contributed by atoms with van der Waals surface area (Å²) >= 11 is 0. The molecule has 1 saturated carbocycles. The lowest BCUT2D eigenvalue weighted by Gasteiger charge is -2.30. The van der Waals surface area contributed by atoms with Gasteiger partial charge < -0.3 is 15.0 Å². The van der Waals surface area contributed by atoms with Crippen LogP contribution < -0.4 is 10.2 Å². The zero-order valence-corrected chi connectivity index (χ0v) is 16.2. The van der Waals surface area contributed by atoms with Crippen molar-refractivity contribution in [2.75, 3.05) is 23.9 Å². The Kier molecular flexibility index (Phi) is 4.72. The van der Waals surface area contributed by atoms with Gasteiger partial charge in [0.2, 0.25) is 5.95 Å². The molecule has 2 aromatic rings. The smallest absolute Gasteiger partial charge is 0.337 e. The quantitative estimate of drug-likeness (QED) is 0.817. The molecule has 2 heterocycles. The molecule has 1 aromatic carbocycles. The van der Waals surface area contributed by atoms with Gasteiger partial charge in [0.15, 0.2) is 0 Å². The van der Waals surface area contributed by atoms with Crippen LogP contribution in [0.1, 0.15) is 59.8 Å². The van der Waals surface area contributed by atoms with Crippen LogP contribution in [-0.4, -0.2) is 35.6 Å². The van der Waals surface area contributed by atoms with Crippen molar-refractivity contribution in [3.8, 4) is 0 Å². The van der Waals surface area contributed by atoms with Crippen LogP contribution in [0.2, 0.25) is 0 Å². The maximum absolute atomic E-state index is 11.8. The number of anilines is 2. The number of nitrogens with one attached hydrogen (secondary N) is 1. The highest BCUT2D eigenvalue weighted by Gasteiger charge is 2.24. The number of carbonyl (C=O) groups is 1. The third-order valence-electron chi connectivity index (χ3n) is 5.20. The Hall–Kier alpha value is -2.63. The van der Waals surface area contributed by atoms with Crippen molar-refractivity contribution in [3.63, 3.8) is 0 Å². The highest BCUT2D eigenvalue weighted by molar-refractivity contribution is 5.89. The summed E-state index contributed by atoms with van der Waals surface area (Å²) in [5, 5.41) is 3.44. The fraction of sp³-hybridized carbons (Fsp3) is 0.476. The molecule has 0 saturated heterocycles. The third-order valence-corrected chi connectivity index (χ3v) is 5.20. The topological polar surface area (TPSA) is 67.3 Å². The van der Waals surface area contributed by atoms with Crippen LogP contribution in [0.15, 0.2) is 24.3 Å². The van der Waals surface area contributed by atoms with Crippen molar-refractivity contribution in [1.82, 2.24) is 9.97 Å². The van der Waals surface area contributed by atoms with Gasteiger partial charge in [-0.1, -0.05) is 19.9 Å². The molecule has 1 aromatic heterocycles. The van der Waals surface area contributed by atoms with Crippen LogP contribution in [0.4, 0.5) is 11.8 Å². The van der Waals surface area contributed by atoms with E-state index in [4.69, 9.17) is 14.7 Å². The summed E-state index contributed by atoms with van der Waals surface area (Å²) in [7, 11) is 1.41. The summed E-state index contributed by atoms with van der Waals surface area (Å²) in [6.07, 6.45) is 3.28. The predicted octanol–water partition coefficient (Wildman–Crippen LogP) is 3.52. The molecule has 27 heavy (non-hydrogen) atoms. The SMILES string of the molecule is COC(=O)c1ccc2c(c1)CCN(c1cc(C(C)C)nc(NC3CC3)n1)C2. The fourth-order valence-electron chi connectivity index (χ4n) is 3.38. The molecule has 1 aliphatic heterocycles. The van der Waals surface area contributed by atoms with Gasteiger partial charge in [-0.25, -0.2) is 9.78 Å². The van der Waals surface area contributed by atoms with Gasteiger partial charge >= 0.3 is 5.97 Å². The van der Waals surface area contributed by atoms with E-state index in [2.05, 4.69) is 30.1 Å². The maximum Gasteiger partial charge on any atom is 0.337 e. The van der Waals surface area contributed by atoms with Crippen molar-refractivity contribution in [3.05, 3.63) is 46.6 Å². The molecule has 0 spiro atoms. The van der Waals surface area contributed by atoms with Gasteiger partial charge in [-0.2, -0.15) is 4.98 Å². The Morgan fingerprint density at radius 3 is 2.74 bits per heavy atom. The first-order chi connectivity index (χ1) is 13.0. The molecule has 142 valence electrons. The first-order valence-corrected chi connectivity index (χ1v) is 9.64. The number of hydrogen-bond acceptors (Lipinski definition) is 6. The first-order valence-electron chi connectivity index (χ1n) is 9.64. The molecule has 6 nitrogen and oxygen atoms in total. The molecule has 0 bridgehead atoms. The number of hydrogen-bond donors (Lipinski definition) is 1. The van der Waals surface area contributed by atoms with E-state index in [-0.39, 0.29) is 5.97 Å². The third kappa shape index (κ3) is 3.89. The van der Waals surface area contributed by atoms with Gasteiger partial charge in [-0.05, 0) is 48.4 Å². The maximum atomic E-state index is 11.8.